The molecule has 0 spiro atoms. The van der Waals surface area contributed by atoms with E-state index in [0.29, 0.717) is 22.5 Å². The van der Waals surface area contributed by atoms with Crippen molar-refractivity contribution in [3.8, 4) is 0 Å². The third-order valence-electron chi connectivity index (χ3n) is 5.03. The van der Waals surface area contributed by atoms with Crippen LogP contribution < -0.4 is 5.32 Å². The van der Waals surface area contributed by atoms with Crippen LogP contribution in [0.15, 0.2) is 43.0 Å². The molecule has 1 fully saturated rings. The van der Waals surface area contributed by atoms with Gasteiger partial charge in [0, 0.05) is 11.5 Å². The molecule has 0 bridgehead atoms. The topological polar surface area (TPSA) is 102 Å². The summed E-state index contributed by atoms with van der Waals surface area (Å²) in [5, 5.41) is 13.3. The van der Waals surface area contributed by atoms with Crippen LogP contribution in [0.5, 0.6) is 0 Å². The minimum Gasteiger partial charge on any atom is -0.388 e. The Morgan fingerprint density at radius 3 is 2.74 bits per heavy atom. The molecular weight excluding hydrogens is 346 g/mol. The summed E-state index contributed by atoms with van der Waals surface area (Å²) < 4.78 is 7.70. The molecule has 8 nitrogen and oxygen atoms in total. The number of hydrogen-bond acceptors (Lipinski definition) is 6. The van der Waals surface area contributed by atoms with Gasteiger partial charge in [-0.1, -0.05) is 32.0 Å². The first-order chi connectivity index (χ1) is 13.1. The Morgan fingerprint density at radius 2 is 2.04 bits per heavy atom. The highest BCUT2D eigenvalue weighted by Crippen LogP contribution is 2.36. The second-order valence-corrected chi connectivity index (χ2v) is 6.69. The molecule has 4 atom stereocenters. The summed E-state index contributed by atoms with van der Waals surface area (Å²) in [6.45, 7) is 4.00. The molecule has 0 saturated carbocycles. The third-order valence-corrected chi connectivity index (χ3v) is 5.03. The second kappa shape index (κ2) is 7.05. The van der Waals surface area contributed by atoms with Gasteiger partial charge in [0.05, 0.1) is 12.4 Å². The summed E-state index contributed by atoms with van der Waals surface area (Å²) >= 11 is 0. The van der Waals surface area contributed by atoms with E-state index in [1.807, 2.05) is 19.9 Å². The number of carbonyl (C=O) groups excluding carboxylic acids is 1. The zero-order chi connectivity index (χ0) is 19.0. The fraction of sp³-hybridized carbons (Fsp3) is 0.368. The number of aliphatic hydroxyl groups excluding tert-OH is 1. The van der Waals surface area contributed by atoms with Gasteiger partial charge in [0.2, 0.25) is 0 Å². The van der Waals surface area contributed by atoms with Crippen LogP contribution in [0.3, 0.4) is 0 Å². The molecule has 1 amide bonds. The number of hydrogen-bond donors (Lipinski definition) is 2. The Hall–Kier alpha value is -2.84. The Bertz CT molecular complexity index is 958. The maximum Gasteiger partial charge on any atom is 0.256 e. The van der Waals surface area contributed by atoms with Crippen LogP contribution in [-0.4, -0.2) is 42.7 Å². The van der Waals surface area contributed by atoms with Gasteiger partial charge in [0.15, 0.2) is 23.2 Å². The number of amides is 1. The molecule has 0 aliphatic carbocycles. The van der Waals surface area contributed by atoms with Crippen molar-refractivity contribution in [3.63, 3.8) is 0 Å². The van der Waals surface area contributed by atoms with Crippen molar-refractivity contribution in [2.24, 2.45) is 5.92 Å². The molecule has 2 aromatic heterocycles. The average molecular weight is 367 g/mol. The van der Waals surface area contributed by atoms with E-state index in [2.05, 4.69) is 20.3 Å². The first kappa shape index (κ1) is 17.6. The van der Waals surface area contributed by atoms with Crippen LogP contribution in [0.2, 0.25) is 0 Å². The largest absolute Gasteiger partial charge is 0.388 e. The zero-order valence-corrected chi connectivity index (χ0v) is 15.1. The highest BCUT2D eigenvalue weighted by molar-refractivity contribution is 6.06. The van der Waals surface area contributed by atoms with E-state index >= 15 is 0 Å². The SMILES string of the molecule is CC[C@H]1O[C@@H](n2cnc3c(NC(=O)c4ccccc4)ncnc32)[C@H](O)[C@@H]1C. The number of aromatic nitrogens is 4. The Balaban J connectivity index is 1.65. The van der Waals surface area contributed by atoms with E-state index in [4.69, 9.17) is 4.74 Å². The summed E-state index contributed by atoms with van der Waals surface area (Å²) in [6, 6.07) is 8.88. The molecule has 140 valence electrons. The number of nitrogens with zero attached hydrogens (tertiary/aromatic N) is 4. The van der Waals surface area contributed by atoms with Gasteiger partial charge in [-0.15, -0.1) is 0 Å². The van der Waals surface area contributed by atoms with Crippen molar-refractivity contribution < 1.29 is 14.6 Å². The predicted molar refractivity (Wildman–Crippen MR) is 99.1 cm³/mol. The highest BCUT2D eigenvalue weighted by atomic mass is 16.5. The van der Waals surface area contributed by atoms with Crippen LogP contribution in [0.1, 0.15) is 36.9 Å². The monoisotopic (exact) mass is 367 g/mol. The first-order valence-electron chi connectivity index (χ1n) is 8.97. The molecule has 1 aliphatic rings. The third kappa shape index (κ3) is 3.07. The quantitative estimate of drug-likeness (QED) is 0.734. The van der Waals surface area contributed by atoms with E-state index in [9.17, 15) is 9.90 Å². The lowest BCUT2D eigenvalue weighted by atomic mass is 9.99. The smallest absolute Gasteiger partial charge is 0.256 e. The molecule has 2 N–H and O–H groups in total. The number of fused-ring (bicyclic) bond motifs is 1. The number of nitrogens with one attached hydrogen (secondary N) is 1. The van der Waals surface area contributed by atoms with Crippen molar-refractivity contribution in [1.82, 2.24) is 19.5 Å². The molecule has 4 rings (SSSR count). The minimum atomic E-state index is -0.662. The van der Waals surface area contributed by atoms with Gasteiger partial charge in [-0.05, 0) is 18.6 Å². The number of rotatable bonds is 4. The van der Waals surface area contributed by atoms with Crippen molar-refractivity contribution >= 4 is 22.9 Å². The van der Waals surface area contributed by atoms with Gasteiger partial charge < -0.3 is 15.2 Å². The number of carbonyl (C=O) groups is 1. The van der Waals surface area contributed by atoms with Crippen LogP contribution in [0.4, 0.5) is 5.82 Å². The van der Waals surface area contributed by atoms with Crippen molar-refractivity contribution in [2.45, 2.75) is 38.7 Å². The lowest BCUT2D eigenvalue weighted by Crippen LogP contribution is -2.24. The minimum absolute atomic E-state index is 0.0107. The van der Waals surface area contributed by atoms with Crippen molar-refractivity contribution in [1.29, 1.82) is 0 Å². The number of anilines is 1. The molecule has 0 radical (unpaired) electrons. The molecule has 8 heteroatoms. The molecule has 0 unspecified atom stereocenters. The van der Waals surface area contributed by atoms with Gasteiger partial charge in [-0.3, -0.25) is 9.36 Å². The van der Waals surface area contributed by atoms with Crippen LogP contribution in [0.25, 0.3) is 11.2 Å². The van der Waals surface area contributed by atoms with Gasteiger partial charge in [-0.2, -0.15) is 0 Å². The Kier molecular flexibility index (Phi) is 4.59. The zero-order valence-electron chi connectivity index (χ0n) is 15.1. The lowest BCUT2D eigenvalue weighted by molar-refractivity contribution is -0.0355. The molecule has 3 aromatic rings. The Labute approximate surface area is 156 Å². The fourth-order valence-electron chi connectivity index (χ4n) is 3.46. The van der Waals surface area contributed by atoms with Crippen LogP contribution >= 0.6 is 0 Å². The average Bonchev–Trinajstić information content (AvgIpc) is 3.25. The molecular formula is C19H21N5O3. The van der Waals surface area contributed by atoms with E-state index in [1.54, 1.807) is 35.2 Å². The fourth-order valence-corrected chi connectivity index (χ4v) is 3.46. The molecule has 27 heavy (non-hydrogen) atoms. The number of aliphatic hydroxyl groups is 1. The highest BCUT2D eigenvalue weighted by Gasteiger charge is 2.41. The van der Waals surface area contributed by atoms with Gasteiger partial charge in [-0.25, -0.2) is 15.0 Å². The summed E-state index contributed by atoms with van der Waals surface area (Å²) in [7, 11) is 0. The summed E-state index contributed by atoms with van der Waals surface area (Å²) in [5.74, 6) is 0.0543. The summed E-state index contributed by atoms with van der Waals surface area (Å²) in [5.41, 5.74) is 1.48. The van der Waals surface area contributed by atoms with Gasteiger partial charge in [0.25, 0.3) is 5.91 Å². The van der Waals surface area contributed by atoms with Crippen molar-refractivity contribution in [3.05, 3.63) is 48.5 Å². The van der Waals surface area contributed by atoms with E-state index < -0.39 is 12.3 Å². The molecule has 1 aliphatic heterocycles. The lowest BCUT2D eigenvalue weighted by Gasteiger charge is -2.17. The van der Waals surface area contributed by atoms with Crippen LogP contribution in [0, 0.1) is 5.92 Å². The predicted octanol–water partition coefficient (Wildman–Crippen LogP) is 2.38. The Morgan fingerprint density at radius 1 is 1.26 bits per heavy atom. The molecule has 3 heterocycles. The molecule has 1 aromatic carbocycles. The van der Waals surface area contributed by atoms with Crippen LogP contribution in [-0.2, 0) is 4.74 Å². The number of benzene rings is 1. The van der Waals surface area contributed by atoms with Gasteiger partial charge >= 0.3 is 0 Å². The molecule has 1 saturated heterocycles. The summed E-state index contributed by atoms with van der Waals surface area (Å²) in [4.78, 5) is 25.2. The van der Waals surface area contributed by atoms with E-state index in [0.717, 1.165) is 6.42 Å². The second-order valence-electron chi connectivity index (χ2n) is 6.69. The number of ether oxygens (including phenoxy) is 1. The maximum absolute atomic E-state index is 12.4. The van der Waals surface area contributed by atoms with E-state index in [1.165, 1.54) is 6.33 Å². The standard InChI is InChI=1S/C19H21N5O3/c1-3-13-11(2)15(25)19(27-13)24-10-22-14-16(20-9-21-17(14)24)23-18(26)12-7-5-4-6-8-12/h4-11,13,15,19,25H,3H2,1-2H3,(H,20,21,23,26)/t11-,13-,15-,19-/m1/s1. The van der Waals surface area contributed by atoms with Crippen molar-refractivity contribution in [2.75, 3.05) is 5.32 Å². The summed E-state index contributed by atoms with van der Waals surface area (Å²) in [6.07, 6.45) is 2.49. The van der Waals surface area contributed by atoms with Gasteiger partial charge in [0.1, 0.15) is 12.4 Å². The normalized spacial score (nSPS) is 25.0. The first-order valence-corrected chi connectivity index (χ1v) is 8.97. The van der Waals surface area contributed by atoms with E-state index in [-0.39, 0.29) is 17.9 Å². The maximum atomic E-state index is 12.4. The number of imidazole rings is 1.